The third-order valence-corrected chi connectivity index (χ3v) is 4.14. The molecule has 5 heteroatoms. The SMILES string of the molecule is CC(N)Cc1ccc(N(C)CC2CCC2)cc1C(F)(F)F. The summed E-state index contributed by atoms with van der Waals surface area (Å²) in [6.07, 6.45) is -0.503. The van der Waals surface area contributed by atoms with Gasteiger partial charge >= 0.3 is 6.18 Å². The molecule has 0 heterocycles. The Hall–Kier alpha value is -1.23. The van der Waals surface area contributed by atoms with Crippen LogP contribution in [0.1, 0.15) is 37.3 Å². The second kappa shape index (κ2) is 6.26. The second-order valence-electron chi connectivity index (χ2n) is 6.20. The molecule has 0 saturated heterocycles. The molecule has 0 amide bonds. The topological polar surface area (TPSA) is 29.3 Å². The number of halogens is 3. The van der Waals surface area contributed by atoms with Gasteiger partial charge in [0, 0.05) is 25.3 Å². The van der Waals surface area contributed by atoms with E-state index >= 15 is 0 Å². The molecular formula is C16H23F3N2. The predicted molar refractivity (Wildman–Crippen MR) is 79.4 cm³/mol. The van der Waals surface area contributed by atoms with Gasteiger partial charge < -0.3 is 10.6 Å². The van der Waals surface area contributed by atoms with Gasteiger partial charge in [-0.05, 0) is 49.8 Å². The van der Waals surface area contributed by atoms with Gasteiger partial charge in [-0.25, -0.2) is 0 Å². The standard InChI is InChI=1S/C16H23F3N2/c1-11(20)8-13-6-7-14(9-15(13)16(17,18)19)21(2)10-12-4-3-5-12/h6-7,9,11-12H,3-5,8,10,20H2,1-2H3. The molecule has 1 aliphatic carbocycles. The monoisotopic (exact) mass is 300 g/mol. The molecule has 0 spiro atoms. The number of benzene rings is 1. The number of hydrogen-bond acceptors (Lipinski definition) is 2. The van der Waals surface area contributed by atoms with Crippen molar-refractivity contribution in [1.82, 2.24) is 0 Å². The lowest BCUT2D eigenvalue weighted by molar-refractivity contribution is -0.138. The fraction of sp³-hybridized carbons (Fsp3) is 0.625. The average Bonchev–Trinajstić information content (AvgIpc) is 2.32. The zero-order chi connectivity index (χ0) is 15.6. The minimum Gasteiger partial charge on any atom is -0.374 e. The van der Waals surface area contributed by atoms with Crippen LogP contribution < -0.4 is 10.6 Å². The van der Waals surface area contributed by atoms with Crippen LogP contribution >= 0.6 is 0 Å². The predicted octanol–water partition coefficient (Wildman–Crippen LogP) is 3.83. The summed E-state index contributed by atoms with van der Waals surface area (Å²) in [5, 5.41) is 0. The molecule has 1 aromatic carbocycles. The third-order valence-electron chi connectivity index (χ3n) is 4.14. The van der Waals surface area contributed by atoms with Crippen molar-refractivity contribution in [1.29, 1.82) is 0 Å². The maximum atomic E-state index is 13.2. The van der Waals surface area contributed by atoms with Crippen molar-refractivity contribution < 1.29 is 13.2 Å². The first kappa shape index (κ1) is 16.1. The minimum atomic E-state index is -4.34. The van der Waals surface area contributed by atoms with Gasteiger partial charge in [0.05, 0.1) is 5.56 Å². The molecule has 118 valence electrons. The first-order chi connectivity index (χ1) is 9.77. The molecule has 1 atom stereocenters. The summed E-state index contributed by atoms with van der Waals surface area (Å²) < 4.78 is 39.7. The number of rotatable bonds is 5. The maximum absolute atomic E-state index is 13.2. The lowest BCUT2D eigenvalue weighted by Gasteiger charge is -2.31. The summed E-state index contributed by atoms with van der Waals surface area (Å²) in [5.74, 6) is 0.619. The van der Waals surface area contributed by atoms with E-state index in [0.29, 0.717) is 11.6 Å². The van der Waals surface area contributed by atoms with Crippen LogP contribution in [-0.2, 0) is 12.6 Å². The summed E-state index contributed by atoms with van der Waals surface area (Å²) in [6, 6.07) is 4.31. The first-order valence-corrected chi connectivity index (χ1v) is 7.44. The lowest BCUT2D eigenvalue weighted by Crippen LogP contribution is -2.29. The highest BCUT2D eigenvalue weighted by atomic mass is 19.4. The number of nitrogens with zero attached hydrogens (tertiary/aromatic N) is 1. The van der Waals surface area contributed by atoms with Gasteiger partial charge in [0.25, 0.3) is 0 Å². The second-order valence-corrected chi connectivity index (χ2v) is 6.20. The number of hydrogen-bond donors (Lipinski definition) is 1. The smallest absolute Gasteiger partial charge is 0.374 e. The minimum absolute atomic E-state index is 0.238. The molecule has 2 rings (SSSR count). The van der Waals surface area contributed by atoms with Crippen LogP contribution in [0.15, 0.2) is 18.2 Å². The molecule has 2 nitrogen and oxygen atoms in total. The zero-order valence-electron chi connectivity index (χ0n) is 12.6. The van der Waals surface area contributed by atoms with E-state index in [1.165, 1.54) is 25.3 Å². The summed E-state index contributed by atoms with van der Waals surface area (Å²) in [6.45, 7) is 2.54. The van der Waals surface area contributed by atoms with E-state index in [-0.39, 0.29) is 18.0 Å². The fourth-order valence-corrected chi connectivity index (χ4v) is 2.76. The Balaban J connectivity index is 2.23. The molecule has 1 aromatic rings. The molecular weight excluding hydrogens is 277 g/mol. The van der Waals surface area contributed by atoms with Crippen LogP contribution in [0.5, 0.6) is 0 Å². The van der Waals surface area contributed by atoms with E-state index < -0.39 is 11.7 Å². The van der Waals surface area contributed by atoms with Gasteiger partial charge in [0.2, 0.25) is 0 Å². The van der Waals surface area contributed by atoms with Crippen LogP contribution in [0.3, 0.4) is 0 Å². The zero-order valence-corrected chi connectivity index (χ0v) is 12.6. The molecule has 21 heavy (non-hydrogen) atoms. The van der Waals surface area contributed by atoms with Crippen molar-refractivity contribution in [2.24, 2.45) is 11.7 Å². The highest BCUT2D eigenvalue weighted by Crippen LogP contribution is 2.36. The van der Waals surface area contributed by atoms with Gasteiger partial charge in [0.15, 0.2) is 0 Å². The van der Waals surface area contributed by atoms with Gasteiger partial charge in [-0.2, -0.15) is 13.2 Å². The third kappa shape index (κ3) is 4.13. The van der Waals surface area contributed by atoms with Crippen molar-refractivity contribution in [3.05, 3.63) is 29.3 Å². The molecule has 0 aromatic heterocycles. The molecule has 2 N–H and O–H groups in total. The van der Waals surface area contributed by atoms with E-state index in [4.69, 9.17) is 5.73 Å². The summed E-state index contributed by atoms with van der Waals surface area (Å²) in [5.41, 5.74) is 5.99. The molecule has 1 unspecified atom stereocenters. The van der Waals surface area contributed by atoms with E-state index in [1.54, 1.807) is 19.1 Å². The summed E-state index contributed by atoms with van der Waals surface area (Å²) in [4.78, 5) is 1.93. The van der Waals surface area contributed by atoms with E-state index in [1.807, 2.05) is 11.9 Å². The lowest BCUT2D eigenvalue weighted by atomic mass is 9.85. The molecule has 0 bridgehead atoms. The Morgan fingerprint density at radius 3 is 2.48 bits per heavy atom. The van der Waals surface area contributed by atoms with Crippen LogP contribution in [-0.4, -0.2) is 19.6 Å². The summed E-state index contributed by atoms with van der Waals surface area (Å²) >= 11 is 0. The molecule has 0 radical (unpaired) electrons. The molecule has 1 fully saturated rings. The highest BCUT2D eigenvalue weighted by Gasteiger charge is 2.34. The van der Waals surface area contributed by atoms with Gasteiger partial charge in [-0.15, -0.1) is 0 Å². The van der Waals surface area contributed by atoms with Crippen molar-refractivity contribution in [3.63, 3.8) is 0 Å². The van der Waals surface area contributed by atoms with Crippen molar-refractivity contribution in [2.75, 3.05) is 18.5 Å². The normalized spacial score (nSPS) is 17.4. The summed E-state index contributed by atoms with van der Waals surface area (Å²) in [7, 11) is 1.86. The van der Waals surface area contributed by atoms with Crippen molar-refractivity contribution in [2.45, 2.75) is 44.8 Å². The van der Waals surface area contributed by atoms with Crippen molar-refractivity contribution in [3.8, 4) is 0 Å². The largest absolute Gasteiger partial charge is 0.416 e. The Morgan fingerprint density at radius 1 is 1.33 bits per heavy atom. The molecule has 0 aliphatic heterocycles. The average molecular weight is 300 g/mol. The Kier molecular flexibility index (Phi) is 4.81. The number of alkyl halides is 3. The Labute approximate surface area is 124 Å². The van der Waals surface area contributed by atoms with Crippen LogP contribution in [0, 0.1) is 5.92 Å². The number of anilines is 1. The van der Waals surface area contributed by atoms with Crippen LogP contribution in [0.25, 0.3) is 0 Å². The highest BCUT2D eigenvalue weighted by molar-refractivity contribution is 5.51. The number of nitrogens with two attached hydrogens (primary N) is 1. The quantitative estimate of drug-likeness (QED) is 0.895. The van der Waals surface area contributed by atoms with Gasteiger partial charge in [-0.1, -0.05) is 12.5 Å². The van der Waals surface area contributed by atoms with Gasteiger partial charge in [-0.3, -0.25) is 0 Å². The fourth-order valence-electron chi connectivity index (χ4n) is 2.76. The van der Waals surface area contributed by atoms with Crippen LogP contribution in [0.4, 0.5) is 18.9 Å². The van der Waals surface area contributed by atoms with Crippen LogP contribution in [0.2, 0.25) is 0 Å². The van der Waals surface area contributed by atoms with Crippen molar-refractivity contribution >= 4 is 5.69 Å². The Morgan fingerprint density at radius 2 is 2.00 bits per heavy atom. The van der Waals surface area contributed by atoms with E-state index in [9.17, 15) is 13.2 Å². The first-order valence-electron chi connectivity index (χ1n) is 7.44. The van der Waals surface area contributed by atoms with E-state index in [2.05, 4.69) is 0 Å². The van der Waals surface area contributed by atoms with Gasteiger partial charge in [0.1, 0.15) is 0 Å². The molecule has 1 aliphatic rings. The molecule has 1 saturated carbocycles. The Bertz CT molecular complexity index is 479. The van der Waals surface area contributed by atoms with E-state index in [0.717, 1.165) is 6.54 Å². The maximum Gasteiger partial charge on any atom is 0.416 e.